The lowest BCUT2D eigenvalue weighted by atomic mass is 10.1. The van der Waals surface area contributed by atoms with Crippen LogP contribution in [0, 0.1) is 0 Å². The fraction of sp³-hybridized carbons (Fsp3) is 0.389. The highest BCUT2D eigenvalue weighted by molar-refractivity contribution is 7.66. The second-order valence-electron chi connectivity index (χ2n) is 8.14. The Kier molecular flexibility index (Phi) is 9.00. The van der Waals surface area contributed by atoms with Gasteiger partial charge in [-0.05, 0) is 12.0 Å². The molecule has 3 heterocycles. The molecule has 0 bridgehead atoms. The van der Waals surface area contributed by atoms with Crippen LogP contribution >= 0.6 is 23.5 Å². The van der Waals surface area contributed by atoms with Gasteiger partial charge < -0.3 is 39.8 Å². The summed E-state index contributed by atoms with van der Waals surface area (Å²) in [4.78, 5) is 48.6. The number of hydrogen-bond acceptors (Lipinski definition) is 13. The standard InChI is InChI=1S/C18H24N5O13P3/c24-14-12(8-33-38(29,30)36-39(31,32)35-37(26,27)28)34-18(15(14)25)23-10-22-13-16(20-9-21-17(13)23)19-7-6-11-4-2-1-3-5-11/h1-5,9-10,12,14-15,18,24-25H,6-8H2,(H,29,30)(H,31,32)(H,19,20,21)(H2,26,27,28)/t12-,14-,15-,18-/m1/s1. The lowest BCUT2D eigenvalue weighted by Crippen LogP contribution is -2.33. The molecular weight excluding hydrogens is 587 g/mol. The van der Waals surface area contributed by atoms with Crippen molar-refractivity contribution in [1.82, 2.24) is 19.5 Å². The van der Waals surface area contributed by atoms with Crippen molar-refractivity contribution in [1.29, 1.82) is 0 Å². The molecule has 1 saturated heterocycles. The molecule has 39 heavy (non-hydrogen) atoms. The van der Waals surface area contributed by atoms with E-state index in [2.05, 4.69) is 33.4 Å². The summed E-state index contributed by atoms with van der Waals surface area (Å²) < 4.78 is 52.8. The lowest BCUT2D eigenvalue weighted by Gasteiger charge is -2.19. The predicted octanol–water partition coefficient (Wildman–Crippen LogP) is 0.443. The van der Waals surface area contributed by atoms with Crippen LogP contribution in [0.4, 0.5) is 5.82 Å². The highest BCUT2D eigenvalue weighted by Crippen LogP contribution is 2.66. The average molecular weight is 611 g/mol. The van der Waals surface area contributed by atoms with Crippen molar-refractivity contribution in [3.8, 4) is 0 Å². The zero-order valence-electron chi connectivity index (χ0n) is 19.6. The average Bonchev–Trinajstić information content (AvgIpc) is 3.38. The fourth-order valence-corrected chi connectivity index (χ4v) is 6.73. The van der Waals surface area contributed by atoms with Crippen LogP contribution in [0.2, 0.25) is 0 Å². The molecule has 1 fully saturated rings. The van der Waals surface area contributed by atoms with E-state index in [4.69, 9.17) is 14.5 Å². The third-order valence-corrected chi connectivity index (χ3v) is 9.14. The van der Waals surface area contributed by atoms with E-state index in [9.17, 15) is 33.7 Å². The van der Waals surface area contributed by atoms with Gasteiger partial charge in [-0.2, -0.15) is 8.62 Å². The molecular formula is C18H24N5O13P3. The monoisotopic (exact) mass is 611 g/mol. The number of rotatable bonds is 12. The van der Waals surface area contributed by atoms with Crippen molar-refractivity contribution >= 4 is 40.4 Å². The summed E-state index contributed by atoms with van der Waals surface area (Å²) >= 11 is 0. The second kappa shape index (κ2) is 11.8. The highest BCUT2D eigenvalue weighted by atomic mass is 31.3. The molecule has 0 aliphatic carbocycles. The van der Waals surface area contributed by atoms with Crippen LogP contribution in [0.1, 0.15) is 11.8 Å². The van der Waals surface area contributed by atoms with Crippen molar-refractivity contribution in [2.24, 2.45) is 0 Å². The number of ether oxygens (including phenoxy) is 1. The number of phosphoric ester groups is 1. The molecule has 7 N–H and O–H groups in total. The Hall–Kier alpha value is -2.14. The SMILES string of the molecule is O=P(O)(O)OP(=O)(O)OP(=O)(O)OC[C@H]1O[C@@H](n2cnc3c(NCCc4ccccc4)ncnc32)[C@H](O)[C@@H]1O. The number of phosphoric acid groups is 3. The molecule has 4 rings (SSSR count). The summed E-state index contributed by atoms with van der Waals surface area (Å²) in [6.45, 7) is -0.417. The number of hydrogen-bond donors (Lipinski definition) is 7. The van der Waals surface area contributed by atoms with Gasteiger partial charge in [0, 0.05) is 6.54 Å². The molecule has 0 spiro atoms. The van der Waals surface area contributed by atoms with E-state index >= 15 is 0 Å². The van der Waals surface area contributed by atoms with Gasteiger partial charge in [-0.25, -0.2) is 28.6 Å². The van der Waals surface area contributed by atoms with E-state index in [1.807, 2.05) is 30.3 Å². The number of benzene rings is 1. The Morgan fingerprint density at radius 3 is 2.36 bits per heavy atom. The van der Waals surface area contributed by atoms with Gasteiger partial charge >= 0.3 is 23.5 Å². The number of aromatic nitrogens is 4. The molecule has 1 aromatic carbocycles. The summed E-state index contributed by atoms with van der Waals surface area (Å²) in [6.07, 6.45) is -2.76. The highest BCUT2D eigenvalue weighted by Gasteiger charge is 2.47. The second-order valence-corrected chi connectivity index (χ2v) is 12.6. The molecule has 18 nitrogen and oxygen atoms in total. The predicted molar refractivity (Wildman–Crippen MR) is 130 cm³/mol. The van der Waals surface area contributed by atoms with E-state index in [1.54, 1.807) is 0 Å². The Bertz CT molecular complexity index is 1440. The molecule has 6 atom stereocenters. The summed E-state index contributed by atoms with van der Waals surface area (Å²) in [5, 5.41) is 24.1. The Morgan fingerprint density at radius 2 is 1.67 bits per heavy atom. The lowest BCUT2D eigenvalue weighted by molar-refractivity contribution is -0.0503. The van der Waals surface area contributed by atoms with Gasteiger partial charge in [-0.15, -0.1) is 0 Å². The summed E-state index contributed by atoms with van der Waals surface area (Å²) in [5.41, 5.74) is 1.68. The number of anilines is 1. The number of nitrogens with zero attached hydrogens (tertiary/aromatic N) is 4. The topological polar surface area (TPSA) is 265 Å². The maximum atomic E-state index is 12.0. The van der Waals surface area contributed by atoms with E-state index in [1.165, 1.54) is 17.2 Å². The van der Waals surface area contributed by atoms with Gasteiger partial charge in [0.1, 0.15) is 24.6 Å². The first kappa shape index (κ1) is 29.8. The normalized spacial score (nSPS) is 24.9. The van der Waals surface area contributed by atoms with Gasteiger partial charge in [0.25, 0.3) is 0 Å². The third-order valence-electron chi connectivity index (χ3n) is 5.34. The minimum atomic E-state index is -5.72. The summed E-state index contributed by atoms with van der Waals surface area (Å²) in [6, 6.07) is 9.74. The summed E-state index contributed by atoms with van der Waals surface area (Å²) in [5.74, 6) is 0.409. The van der Waals surface area contributed by atoms with Crippen LogP contribution < -0.4 is 5.32 Å². The van der Waals surface area contributed by atoms with Crippen molar-refractivity contribution < 1.29 is 61.4 Å². The van der Waals surface area contributed by atoms with E-state index in [0.717, 1.165) is 5.56 Å². The fourth-order valence-electron chi connectivity index (χ4n) is 3.71. The van der Waals surface area contributed by atoms with Crippen LogP contribution in [-0.4, -0.2) is 80.8 Å². The van der Waals surface area contributed by atoms with Crippen molar-refractivity contribution in [2.75, 3.05) is 18.5 Å². The summed E-state index contributed by atoms with van der Waals surface area (Å²) in [7, 11) is -16.7. The smallest absolute Gasteiger partial charge is 0.387 e. The van der Waals surface area contributed by atoms with Crippen LogP contribution in [-0.2, 0) is 38.0 Å². The van der Waals surface area contributed by atoms with Gasteiger partial charge in [-0.1, -0.05) is 30.3 Å². The third kappa shape index (κ3) is 7.74. The minimum absolute atomic E-state index is 0.233. The first-order valence-electron chi connectivity index (χ1n) is 11.0. The number of aliphatic hydroxyl groups is 2. The van der Waals surface area contributed by atoms with Gasteiger partial charge in [0.15, 0.2) is 23.2 Å². The Balaban J connectivity index is 1.41. The molecule has 3 aromatic rings. The van der Waals surface area contributed by atoms with Crippen LogP contribution in [0.15, 0.2) is 43.0 Å². The van der Waals surface area contributed by atoms with Crippen molar-refractivity contribution in [2.45, 2.75) is 31.0 Å². The zero-order valence-corrected chi connectivity index (χ0v) is 22.3. The van der Waals surface area contributed by atoms with Gasteiger partial charge in [0.2, 0.25) is 0 Å². The van der Waals surface area contributed by atoms with Gasteiger partial charge in [0.05, 0.1) is 12.9 Å². The zero-order chi connectivity index (χ0) is 28.4. The van der Waals surface area contributed by atoms with Crippen molar-refractivity contribution in [3.05, 3.63) is 48.5 Å². The van der Waals surface area contributed by atoms with Crippen molar-refractivity contribution in [3.63, 3.8) is 0 Å². The maximum absolute atomic E-state index is 12.0. The minimum Gasteiger partial charge on any atom is -0.387 e. The Labute approximate surface area is 219 Å². The van der Waals surface area contributed by atoms with Gasteiger partial charge in [-0.3, -0.25) is 9.09 Å². The molecule has 0 radical (unpaired) electrons. The molecule has 21 heteroatoms. The van der Waals surface area contributed by atoms with E-state index < -0.39 is 54.6 Å². The molecule has 0 saturated carbocycles. The molecule has 1 aliphatic heterocycles. The van der Waals surface area contributed by atoms with Crippen LogP contribution in [0.25, 0.3) is 11.2 Å². The number of fused-ring (bicyclic) bond motifs is 1. The van der Waals surface area contributed by atoms with E-state index in [-0.39, 0.29) is 5.65 Å². The van der Waals surface area contributed by atoms with Crippen LogP contribution in [0.5, 0.6) is 0 Å². The van der Waals surface area contributed by atoms with Crippen LogP contribution in [0.3, 0.4) is 0 Å². The molecule has 1 aliphatic rings. The quantitative estimate of drug-likeness (QED) is 0.137. The largest absolute Gasteiger partial charge is 0.490 e. The first-order valence-corrected chi connectivity index (χ1v) is 15.5. The maximum Gasteiger partial charge on any atom is 0.490 e. The molecule has 0 amide bonds. The molecule has 2 unspecified atom stereocenters. The Morgan fingerprint density at radius 1 is 0.949 bits per heavy atom. The number of imidazole rings is 1. The first-order chi connectivity index (χ1) is 18.2. The molecule has 2 aromatic heterocycles. The number of nitrogens with one attached hydrogen (secondary N) is 1. The molecule has 214 valence electrons. The number of aliphatic hydroxyl groups excluding tert-OH is 2. The van der Waals surface area contributed by atoms with E-state index in [0.29, 0.717) is 24.3 Å².